The van der Waals surface area contributed by atoms with Gasteiger partial charge in [-0.25, -0.2) is 0 Å². The molecule has 0 unspecified atom stereocenters. The molecule has 0 saturated heterocycles. The number of benzene rings is 1. The molecule has 0 heterocycles. The SMILES string of the molecule is CN=C(NCCOC)NCc1ccccc1C. The van der Waals surface area contributed by atoms with Gasteiger partial charge in [0.2, 0.25) is 0 Å². The molecule has 0 radical (unpaired) electrons. The number of nitrogens with one attached hydrogen (secondary N) is 2. The first-order valence-corrected chi connectivity index (χ1v) is 5.76. The fourth-order valence-corrected chi connectivity index (χ4v) is 1.48. The van der Waals surface area contributed by atoms with Crippen molar-refractivity contribution in [3.05, 3.63) is 35.4 Å². The summed E-state index contributed by atoms with van der Waals surface area (Å²) in [5.41, 5.74) is 2.56. The van der Waals surface area contributed by atoms with Crippen molar-refractivity contribution in [3.8, 4) is 0 Å². The van der Waals surface area contributed by atoms with Crippen LogP contribution in [0.4, 0.5) is 0 Å². The molecule has 0 amide bonds. The van der Waals surface area contributed by atoms with Crippen LogP contribution in [0.5, 0.6) is 0 Å². The van der Waals surface area contributed by atoms with Gasteiger partial charge in [0.15, 0.2) is 5.96 Å². The predicted octanol–water partition coefficient (Wildman–Crippen LogP) is 1.31. The lowest BCUT2D eigenvalue weighted by atomic mass is 10.1. The number of nitrogens with zero attached hydrogens (tertiary/aromatic N) is 1. The van der Waals surface area contributed by atoms with Crippen molar-refractivity contribution in [3.63, 3.8) is 0 Å². The van der Waals surface area contributed by atoms with Gasteiger partial charge in [0.1, 0.15) is 0 Å². The smallest absolute Gasteiger partial charge is 0.191 e. The van der Waals surface area contributed by atoms with Crippen LogP contribution >= 0.6 is 0 Å². The van der Waals surface area contributed by atoms with Crippen LogP contribution in [0.15, 0.2) is 29.3 Å². The zero-order valence-electron chi connectivity index (χ0n) is 10.8. The van der Waals surface area contributed by atoms with Crippen LogP contribution in [0, 0.1) is 6.92 Å². The maximum Gasteiger partial charge on any atom is 0.191 e. The van der Waals surface area contributed by atoms with E-state index in [0.29, 0.717) is 6.61 Å². The molecule has 0 aromatic heterocycles. The van der Waals surface area contributed by atoms with Crippen molar-refractivity contribution in [1.29, 1.82) is 0 Å². The van der Waals surface area contributed by atoms with Crippen molar-refractivity contribution in [2.24, 2.45) is 4.99 Å². The van der Waals surface area contributed by atoms with Crippen LogP contribution in [0.3, 0.4) is 0 Å². The maximum absolute atomic E-state index is 4.97. The molecular weight excluding hydrogens is 214 g/mol. The first-order valence-electron chi connectivity index (χ1n) is 5.76. The van der Waals surface area contributed by atoms with Crippen LogP contribution in [-0.2, 0) is 11.3 Å². The van der Waals surface area contributed by atoms with Crippen molar-refractivity contribution in [1.82, 2.24) is 10.6 Å². The Morgan fingerprint density at radius 3 is 2.71 bits per heavy atom. The van der Waals surface area contributed by atoms with E-state index in [1.54, 1.807) is 14.2 Å². The van der Waals surface area contributed by atoms with Crippen molar-refractivity contribution < 1.29 is 4.74 Å². The molecule has 4 heteroatoms. The van der Waals surface area contributed by atoms with Crippen molar-refractivity contribution in [2.75, 3.05) is 27.3 Å². The number of ether oxygens (including phenoxy) is 1. The average molecular weight is 235 g/mol. The van der Waals surface area contributed by atoms with Gasteiger partial charge in [0.05, 0.1) is 6.61 Å². The summed E-state index contributed by atoms with van der Waals surface area (Å²) in [6.07, 6.45) is 0. The normalized spacial score (nSPS) is 11.4. The molecule has 4 nitrogen and oxygen atoms in total. The van der Waals surface area contributed by atoms with Gasteiger partial charge in [-0.1, -0.05) is 24.3 Å². The molecule has 0 aliphatic heterocycles. The third kappa shape index (κ3) is 4.87. The minimum absolute atomic E-state index is 0.672. The highest BCUT2D eigenvalue weighted by Crippen LogP contribution is 2.05. The second-order valence-electron chi connectivity index (χ2n) is 3.77. The van der Waals surface area contributed by atoms with Crippen molar-refractivity contribution >= 4 is 5.96 Å². The lowest BCUT2D eigenvalue weighted by Gasteiger charge is -2.12. The summed E-state index contributed by atoms with van der Waals surface area (Å²) in [6, 6.07) is 8.32. The maximum atomic E-state index is 4.97. The highest BCUT2D eigenvalue weighted by Gasteiger charge is 1.99. The second kappa shape index (κ2) is 7.68. The minimum atomic E-state index is 0.672. The van der Waals surface area contributed by atoms with E-state index in [4.69, 9.17) is 4.74 Å². The Morgan fingerprint density at radius 1 is 1.29 bits per heavy atom. The molecule has 0 atom stereocenters. The molecule has 1 aromatic carbocycles. The Hall–Kier alpha value is -1.55. The Morgan fingerprint density at radius 2 is 2.06 bits per heavy atom. The van der Waals surface area contributed by atoms with E-state index >= 15 is 0 Å². The quantitative estimate of drug-likeness (QED) is 0.459. The van der Waals surface area contributed by atoms with E-state index in [-0.39, 0.29) is 0 Å². The Kier molecular flexibility index (Phi) is 6.10. The summed E-state index contributed by atoms with van der Waals surface area (Å²) in [4.78, 5) is 4.14. The molecule has 0 saturated carbocycles. The fraction of sp³-hybridized carbons (Fsp3) is 0.462. The Bertz CT molecular complexity index is 363. The molecule has 0 bridgehead atoms. The fourth-order valence-electron chi connectivity index (χ4n) is 1.48. The predicted molar refractivity (Wildman–Crippen MR) is 71.3 cm³/mol. The number of methoxy groups -OCH3 is 1. The zero-order chi connectivity index (χ0) is 12.5. The molecule has 94 valence electrons. The van der Waals surface area contributed by atoms with E-state index in [1.165, 1.54) is 11.1 Å². The largest absolute Gasteiger partial charge is 0.383 e. The van der Waals surface area contributed by atoms with Gasteiger partial charge in [-0.05, 0) is 18.1 Å². The Balaban J connectivity index is 2.40. The van der Waals surface area contributed by atoms with Crippen LogP contribution in [0.25, 0.3) is 0 Å². The van der Waals surface area contributed by atoms with E-state index in [2.05, 4.69) is 34.7 Å². The number of rotatable bonds is 5. The lowest BCUT2D eigenvalue weighted by Crippen LogP contribution is -2.38. The van der Waals surface area contributed by atoms with Gasteiger partial charge in [0.25, 0.3) is 0 Å². The van der Waals surface area contributed by atoms with Crippen LogP contribution in [0.2, 0.25) is 0 Å². The number of hydrogen-bond donors (Lipinski definition) is 2. The molecule has 0 spiro atoms. The highest BCUT2D eigenvalue weighted by atomic mass is 16.5. The van der Waals surface area contributed by atoms with Gasteiger partial charge in [0, 0.05) is 27.2 Å². The topological polar surface area (TPSA) is 45.7 Å². The van der Waals surface area contributed by atoms with E-state index in [9.17, 15) is 0 Å². The van der Waals surface area contributed by atoms with Crippen LogP contribution in [0.1, 0.15) is 11.1 Å². The standard InChI is InChI=1S/C13H21N3O/c1-11-6-4-5-7-12(11)10-16-13(14-2)15-8-9-17-3/h4-7H,8-10H2,1-3H3,(H2,14,15,16). The van der Waals surface area contributed by atoms with E-state index in [1.807, 2.05) is 12.1 Å². The number of aliphatic imine (C=N–C) groups is 1. The molecule has 0 aliphatic rings. The summed E-state index contributed by atoms with van der Waals surface area (Å²) in [5.74, 6) is 0.797. The summed E-state index contributed by atoms with van der Waals surface area (Å²) >= 11 is 0. The van der Waals surface area contributed by atoms with Gasteiger partial charge in [-0.15, -0.1) is 0 Å². The Labute approximate surface area is 103 Å². The first-order chi connectivity index (χ1) is 8.27. The number of guanidine groups is 1. The monoisotopic (exact) mass is 235 g/mol. The van der Waals surface area contributed by atoms with Crippen LogP contribution < -0.4 is 10.6 Å². The molecule has 0 fully saturated rings. The first kappa shape index (κ1) is 13.5. The molecule has 1 rings (SSSR count). The van der Waals surface area contributed by atoms with Crippen LogP contribution in [-0.4, -0.2) is 33.3 Å². The highest BCUT2D eigenvalue weighted by molar-refractivity contribution is 5.79. The average Bonchev–Trinajstić information content (AvgIpc) is 2.35. The van der Waals surface area contributed by atoms with Gasteiger partial charge in [-0.3, -0.25) is 4.99 Å². The molecule has 1 aromatic rings. The molecule has 2 N–H and O–H groups in total. The molecule has 17 heavy (non-hydrogen) atoms. The third-order valence-electron chi connectivity index (χ3n) is 2.53. The summed E-state index contributed by atoms with van der Waals surface area (Å²) in [5, 5.41) is 6.44. The summed E-state index contributed by atoms with van der Waals surface area (Å²) in [6.45, 7) is 4.31. The number of hydrogen-bond acceptors (Lipinski definition) is 2. The van der Waals surface area contributed by atoms with Gasteiger partial charge in [-0.2, -0.15) is 0 Å². The van der Waals surface area contributed by atoms with E-state index < -0.39 is 0 Å². The third-order valence-corrected chi connectivity index (χ3v) is 2.53. The molecule has 0 aliphatic carbocycles. The number of aryl methyl sites for hydroxylation is 1. The zero-order valence-corrected chi connectivity index (χ0v) is 10.8. The second-order valence-corrected chi connectivity index (χ2v) is 3.77. The van der Waals surface area contributed by atoms with Crippen molar-refractivity contribution in [2.45, 2.75) is 13.5 Å². The van der Waals surface area contributed by atoms with Gasteiger partial charge >= 0.3 is 0 Å². The van der Waals surface area contributed by atoms with Gasteiger partial charge < -0.3 is 15.4 Å². The summed E-state index contributed by atoms with van der Waals surface area (Å²) < 4.78 is 4.97. The van der Waals surface area contributed by atoms with E-state index in [0.717, 1.165) is 19.0 Å². The summed E-state index contributed by atoms with van der Waals surface area (Å²) in [7, 11) is 3.45. The lowest BCUT2D eigenvalue weighted by molar-refractivity contribution is 0.203. The molecular formula is C13H21N3O. The minimum Gasteiger partial charge on any atom is -0.383 e.